The van der Waals surface area contributed by atoms with Gasteiger partial charge >= 0.3 is 5.69 Å². The number of pyridine rings is 1. The number of hydrogen-bond donors (Lipinski definition) is 0. The van der Waals surface area contributed by atoms with Gasteiger partial charge in [-0.25, -0.2) is 13.2 Å². The van der Waals surface area contributed by atoms with Crippen LogP contribution >= 0.6 is 0 Å². The number of imidazole rings is 1. The van der Waals surface area contributed by atoms with Gasteiger partial charge in [-0.15, -0.1) is 0 Å². The van der Waals surface area contributed by atoms with Crippen LogP contribution in [-0.4, -0.2) is 33.9 Å². The van der Waals surface area contributed by atoms with Gasteiger partial charge in [-0.2, -0.15) is 4.31 Å². The average molecular weight is 360 g/mol. The Morgan fingerprint density at radius 3 is 2.40 bits per heavy atom. The van der Waals surface area contributed by atoms with Crippen molar-refractivity contribution in [1.82, 2.24) is 18.4 Å². The third-order valence-electron chi connectivity index (χ3n) is 4.58. The Kier molecular flexibility index (Phi) is 4.26. The molecule has 0 amide bonds. The first-order valence-corrected chi connectivity index (χ1v) is 9.23. The van der Waals surface area contributed by atoms with E-state index in [0.29, 0.717) is 16.7 Å². The molecular formula is C17H20N4O3S. The highest BCUT2D eigenvalue weighted by Crippen LogP contribution is 2.26. The Morgan fingerprint density at radius 2 is 1.76 bits per heavy atom. The Labute approximate surface area is 146 Å². The van der Waals surface area contributed by atoms with E-state index in [1.54, 1.807) is 45.4 Å². The third kappa shape index (κ3) is 2.77. The Morgan fingerprint density at radius 1 is 1.08 bits per heavy atom. The largest absolute Gasteiger partial charge is 0.328 e. The first kappa shape index (κ1) is 17.4. The standard InChI is InChI=1S/C17H20N4O3S/c1-12(14-7-5-6-10-18-14)21(4)25(23,24)13-8-9-15-16(11-13)20(3)17(22)19(15)2/h5-12H,1-4H3. The van der Waals surface area contributed by atoms with Gasteiger partial charge in [-0.1, -0.05) is 6.07 Å². The van der Waals surface area contributed by atoms with E-state index in [-0.39, 0.29) is 10.6 Å². The molecule has 1 unspecified atom stereocenters. The summed E-state index contributed by atoms with van der Waals surface area (Å²) in [6.45, 7) is 1.79. The number of hydrogen-bond acceptors (Lipinski definition) is 4. The van der Waals surface area contributed by atoms with Crippen LogP contribution in [0.3, 0.4) is 0 Å². The maximum absolute atomic E-state index is 13.0. The van der Waals surface area contributed by atoms with E-state index >= 15 is 0 Å². The quantitative estimate of drug-likeness (QED) is 0.709. The zero-order valence-electron chi connectivity index (χ0n) is 14.5. The Balaban J connectivity index is 2.06. The maximum atomic E-state index is 13.0. The molecule has 3 aromatic rings. The van der Waals surface area contributed by atoms with Gasteiger partial charge in [0.1, 0.15) is 0 Å². The maximum Gasteiger partial charge on any atom is 0.328 e. The molecule has 0 saturated carbocycles. The lowest BCUT2D eigenvalue weighted by molar-refractivity contribution is 0.392. The van der Waals surface area contributed by atoms with E-state index in [2.05, 4.69) is 4.98 Å². The molecule has 1 atom stereocenters. The lowest BCUT2D eigenvalue weighted by Crippen LogP contribution is -2.30. The predicted molar refractivity (Wildman–Crippen MR) is 95.8 cm³/mol. The SMILES string of the molecule is CC(c1ccccn1)N(C)S(=O)(=O)c1ccc2c(c1)n(C)c(=O)n2C. The van der Waals surface area contributed by atoms with Crippen LogP contribution in [0.25, 0.3) is 11.0 Å². The van der Waals surface area contributed by atoms with Gasteiger partial charge in [-0.05, 0) is 37.3 Å². The molecule has 0 bridgehead atoms. The van der Waals surface area contributed by atoms with Crippen LogP contribution in [0, 0.1) is 0 Å². The van der Waals surface area contributed by atoms with Gasteiger partial charge in [0.25, 0.3) is 0 Å². The molecule has 8 heteroatoms. The minimum Gasteiger partial charge on any atom is -0.295 e. The zero-order valence-corrected chi connectivity index (χ0v) is 15.4. The fourth-order valence-electron chi connectivity index (χ4n) is 2.83. The summed E-state index contributed by atoms with van der Waals surface area (Å²) < 4.78 is 30.2. The molecule has 0 aliphatic rings. The minimum atomic E-state index is -3.73. The van der Waals surface area contributed by atoms with Crippen molar-refractivity contribution in [2.24, 2.45) is 14.1 Å². The second-order valence-electron chi connectivity index (χ2n) is 6.00. The van der Waals surface area contributed by atoms with Crippen LogP contribution in [0.15, 0.2) is 52.3 Å². The van der Waals surface area contributed by atoms with Crippen molar-refractivity contribution in [2.45, 2.75) is 17.9 Å². The second-order valence-corrected chi connectivity index (χ2v) is 8.00. The van der Waals surface area contributed by atoms with Crippen LogP contribution in [-0.2, 0) is 24.1 Å². The third-order valence-corrected chi connectivity index (χ3v) is 6.51. The summed E-state index contributed by atoms with van der Waals surface area (Å²) in [6.07, 6.45) is 1.64. The highest BCUT2D eigenvalue weighted by atomic mass is 32.2. The molecular weight excluding hydrogens is 340 g/mol. The molecule has 0 aliphatic heterocycles. The fraction of sp³-hybridized carbons (Fsp3) is 0.294. The van der Waals surface area contributed by atoms with Crippen molar-refractivity contribution in [3.8, 4) is 0 Å². The number of aryl methyl sites for hydroxylation is 2. The summed E-state index contributed by atoms with van der Waals surface area (Å²) in [5, 5.41) is 0. The van der Waals surface area contributed by atoms with Gasteiger partial charge in [0.05, 0.1) is 27.7 Å². The number of nitrogens with zero attached hydrogens (tertiary/aromatic N) is 4. The fourth-order valence-corrected chi connectivity index (χ4v) is 4.19. The lowest BCUT2D eigenvalue weighted by atomic mass is 10.2. The van der Waals surface area contributed by atoms with E-state index in [9.17, 15) is 13.2 Å². The van der Waals surface area contributed by atoms with E-state index in [4.69, 9.17) is 0 Å². The molecule has 2 aromatic heterocycles. The van der Waals surface area contributed by atoms with Crippen molar-refractivity contribution < 1.29 is 8.42 Å². The van der Waals surface area contributed by atoms with E-state index < -0.39 is 16.1 Å². The summed E-state index contributed by atoms with van der Waals surface area (Å²) in [5.41, 5.74) is 1.74. The smallest absolute Gasteiger partial charge is 0.295 e. The normalized spacial score (nSPS) is 13.5. The molecule has 1 aromatic carbocycles. The highest BCUT2D eigenvalue weighted by Gasteiger charge is 2.27. The van der Waals surface area contributed by atoms with E-state index in [0.717, 1.165) is 0 Å². The van der Waals surface area contributed by atoms with Crippen LogP contribution < -0.4 is 5.69 Å². The molecule has 132 valence electrons. The lowest BCUT2D eigenvalue weighted by Gasteiger charge is -2.24. The molecule has 0 fully saturated rings. The predicted octanol–water partition coefficient (Wildman–Crippen LogP) is 1.65. The van der Waals surface area contributed by atoms with Crippen LogP contribution in [0.1, 0.15) is 18.7 Å². The molecule has 7 nitrogen and oxygen atoms in total. The van der Waals surface area contributed by atoms with Gasteiger partial charge < -0.3 is 0 Å². The molecule has 0 N–H and O–H groups in total. The minimum absolute atomic E-state index is 0.145. The highest BCUT2D eigenvalue weighted by molar-refractivity contribution is 7.89. The Bertz CT molecular complexity index is 1080. The number of benzene rings is 1. The van der Waals surface area contributed by atoms with Crippen molar-refractivity contribution in [3.05, 3.63) is 58.8 Å². The zero-order chi connectivity index (χ0) is 18.4. The summed E-state index contributed by atoms with van der Waals surface area (Å²) >= 11 is 0. The molecule has 25 heavy (non-hydrogen) atoms. The van der Waals surface area contributed by atoms with Gasteiger partial charge in [0, 0.05) is 27.3 Å². The van der Waals surface area contributed by atoms with Crippen molar-refractivity contribution in [3.63, 3.8) is 0 Å². The molecule has 0 saturated heterocycles. The molecule has 0 radical (unpaired) electrons. The Hall–Kier alpha value is -2.45. The summed E-state index contributed by atoms with van der Waals surface area (Å²) in [4.78, 5) is 16.4. The first-order chi connectivity index (χ1) is 11.7. The van der Waals surface area contributed by atoms with Crippen molar-refractivity contribution in [1.29, 1.82) is 0 Å². The second kappa shape index (κ2) is 6.12. The first-order valence-electron chi connectivity index (χ1n) is 7.79. The topological polar surface area (TPSA) is 77.2 Å². The summed E-state index contributed by atoms with van der Waals surface area (Å²) in [5.74, 6) is 0. The number of sulfonamides is 1. The molecule has 3 rings (SSSR count). The van der Waals surface area contributed by atoms with E-state index in [1.807, 2.05) is 6.07 Å². The number of fused-ring (bicyclic) bond motifs is 1. The van der Waals surface area contributed by atoms with Gasteiger partial charge in [0.15, 0.2) is 0 Å². The molecule has 0 spiro atoms. The van der Waals surface area contributed by atoms with Crippen LogP contribution in [0.4, 0.5) is 0 Å². The summed E-state index contributed by atoms with van der Waals surface area (Å²) in [7, 11) is 1.09. The van der Waals surface area contributed by atoms with Crippen molar-refractivity contribution in [2.75, 3.05) is 7.05 Å². The number of aromatic nitrogens is 3. The van der Waals surface area contributed by atoms with Gasteiger partial charge in [0.2, 0.25) is 10.0 Å². The molecule has 2 heterocycles. The summed E-state index contributed by atoms with van der Waals surface area (Å²) in [6, 6.07) is 9.71. The monoisotopic (exact) mass is 360 g/mol. The van der Waals surface area contributed by atoms with E-state index in [1.165, 1.54) is 32.6 Å². The van der Waals surface area contributed by atoms with Gasteiger partial charge in [-0.3, -0.25) is 14.1 Å². The number of rotatable bonds is 4. The molecule has 0 aliphatic carbocycles. The average Bonchev–Trinajstić information content (AvgIpc) is 2.85. The van der Waals surface area contributed by atoms with Crippen LogP contribution in [0.2, 0.25) is 0 Å². The van der Waals surface area contributed by atoms with Crippen LogP contribution in [0.5, 0.6) is 0 Å². The van der Waals surface area contributed by atoms with Crippen molar-refractivity contribution >= 4 is 21.1 Å².